The first kappa shape index (κ1) is 26.8. The lowest BCUT2D eigenvalue weighted by molar-refractivity contribution is 0.0966. The van der Waals surface area contributed by atoms with E-state index in [0.29, 0.717) is 31.1 Å². The number of thiophene rings is 1. The number of carbonyl (C=O) groups is 3. The summed E-state index contributed by atoms with van der Waals surface area (Å²) < 4.78 is 27.3. The molecule has 0 saturated carbocycles. The first-order chi connectivity index (χ1) is 16.6. The number of rotatable bonds is 9. The summed E-state index contributed by atoms with van der Waals surface area (Å²) in [5, 5.41) is 5.17. The molecule has 4 amide bonds. The van der Waals surface area contributed by atoms with Crippen molar-refractivity contribution in [2.45, 2.75) is 44.6 Å². The Hall–Kier alpha value is -2.80. The molecule has 4 N–H and O–H groups in total. The number of nitrogens with one attached hydrogen (secondary N) is 2. The van der Waals surface area contributed by atoms with Gasteiger partial charge in [-0.05, 0) is 49.7 Å². The zero-order chi connectivity index (χ0) is 25.8. The third kappa shape index (κ3) is 6.07. The summed E-state index contributed by atoms with van der Waals surface area (Å²) in [4.78, 5) is 40.1. The number of nitrogens with zero attached hydrogens (tertiary/aromatic N) is 2. The lowest BCUT2D eigenvalue weighted by Crippen LogP contribution is -2.36. The molecule has 1 aliphatic heterocycles. The number of fused-ring (bicyclic) bond motifs is 1. The summed E-state index contributed by atoms with van der Waals surface area (Å²) in [5.41, 5.74) is 6.40. The summed E-state index contributed by atoms with van der Waals surface area (Å²) >= 11 is 1.28. The molecule has 10 nitrogen and oxygen atoms in total. The van der Waals surface area contributed by atoms with E-state index < -0.39 is 27.9 Å². The molecule has 1 aliphatic rings. The van der Waals surface area contributed by atoms with E-state index in [9.17, 15) is 22.8 Å². The van der Waals surface area contributed by atoms with Gasteiger partial charge in [0, 0.05) is 36.6 Å². The molecule has 0 saturated heterocycles. The van der Waals surface area contributed by atoms with E-state index in [1.807, 2.05) is 14.0 Å². The lowest BCUT2D eigenvalue weighted by Gasteiger charge is -2.22. The van der Waals surface area contributed by atoms with Crippen LogP contribution in [-0.4, -0.2) is 62.2 Å². The second-order valence-corrected chi connectivity index (χ2v) is 11.4. The molecule has 2 heterocycles. The molecule has 0 atom stereocenters. The zero-order valence-corrected chi connectivity index (χ0v) is 21.7. The van der Waals surface area contributed by atoms with Crippen molar-refractivity contribution in [3.63, 3.8) is 0 Å². The van der Waals surface area contributed by atoms with Crippen LogP contribution in [0.3, 0.4) is 0 Å². The number of nitrogens with two attached hydrogens (primary N) is 1. The van der Waals surface area contributed by atoms with E-state index in [0.717, 1.165) is 29.8 Å². The minimum atomic E-state index is -3.66. The number of sulfonamides is 1. The van der Waals surface area contributed by atoms with Crippen LogP contribution in [0.15, 0.2) is 29.2 Å². The highest BCUT2D eigenvalue weighted by Gasteiger charge is 2.29. The maximum absolute atomic E-state index is 13.0. The maximum atomic E-state index is 13.0. The van der Waals surface area contributed by atoms with Crippen LogP contribution >= 0.6 is 11.3 Å². The first-order valence-electron chi connectivity index (χ1n) is 11.4. The molecular formula is C23H31N5O5S2. The number of imide groups is 1. The van der Waals surface area contributed by atoms with E-state index in [2.05, 4.69) is 15.5 Å². The van der Waals surface area contributed by atoms with E-state index >= 15 is 0 Å². The molecule has 190 valence electrons. The Morgan fingerprint density at radius 1 is 1.14 bits per heavy atom. The van der Waals surface area contributed by atoms with Crippen molar-refractivity contribution in [2.75, 3.05) is 32.0 Å². The number of hydrogen-bond donors (Lipinski definition) is 3. The van der Waals surface area contributed by atoms with Crippen LogP contribution in [0.1, 0.15) is 57.8 Å². The maximum Gasteiger partial charge on any atom is 0.319 e. The van der Waals surface area contributed by atoms with E-state index in [1.165, 1.54) is 39.9 Å². The predicted octanol–water partition coefficient (Wildman–Crippen LogP) is 2.61. The number of likely N-dealkylation sites (N-methyl/N-ethyl adjacent to an activating group) is 1. The fourth-order valence-corrected chi connectivity index (χ4v) is 6.73. The van der Waals surface area contributed by atoms with Crippen molar-refractivity contribution >= 4 is 44.2 Å². The Kier molecular flexibility index (Phi) is 8.65. The molecule has 0 radical (unpaired) electrons. The van der Waals surface area contributed by atoms with E-state index in [-0.39, 0.29) is 16.0 Å². The molecular weight excluding hydrogens is 490 g/mol. The van der Waals surface area contributed by atoms with Crippen LogP contribution in [-0.2, 0) is 23.0 Å². The number of carbonyl (C=O) groups excluding carboxylic acids is 3. The normalized spacial score (nSPS) is 13.9. The number of benzene rings is 1. The molecule has 1 aromatic heterocycles. The second kappa shape index (κ2) is 11.3. The van der Waals surface area contributed by atoms with Gasteiger partial charge in [0.25, 0.3) is 11.8 Å². The minimum absolute atomic E-state index is 0.114. The number of primary amides is 1. The van der Waals surface area contributed by atoms with Gasteiger partial charge in [-0.3, -0.25) is 14.9 Å². The summed E-state index contributed by atoms with van der Waals surface area (Å²) in [6.45, 7) is 5.94. The quantitative estimate of drug-likeness (QED) is 0.463. The molecule has 3 rings (SSSR count). The Labute approximate surface area is 209 Å². The smallest absolute Gasteiger partial charge is 0.319 e. The standard InChI is InChI=1S/C23H31N5O5S2/c1-4-6-12-28(5-2)35(32,33)16-9-7-15(8-10-16)20(29)25-22-19(21(30)26-23(24)31)17-11-13-27(3)14-18(17)34-22/h7-10H,4-6,11-14H2,1-3H3,(H,25,29)(H3,24,26,30,31). The number of anilines is 1. The van der Waals surface area contributed by atoms with Gasteiger partial charge < -0.3 is 16.0 Å². The number of unbranched alkanes of at least 4 members (excludes halogenated alkanes) is 1. The molecule has 2 aromatic rings. The van der Waals surface area contributed by atoms with Crippen LogP contribution in [0.4, 0.5) is 9.80 Å². The van der Waals surface area contributed by atoms with Crippen molar-refractivity contribution in [1.82, 2.24) is 14.5 Å². The fourth-order valence-electron chi connectivity index (χ4n) is 3.92. The summed E-state index contributed by atoms with van der Waals surface area (Å²) in [7, 11) is -1.70. The monoisotopic (exact) mass is 521 g/mol. The number of urea groups is 1. The molecule has 0 bridgehead atoms. The second-order valence-electron chi connectivity index (χ2n) is 8.34. The van der Waals surface area contributed by atoms with Crippen LogP contribution in [0, 0.1) is 0 Å². The Bertz CT molecular complexity index is 1210. The zero-order valence-electron chi connectivity index (χ0n) is 20.1. The largest absolute Gasteiger partial charge is 0.351 e. The molecule has 0 spiro atoms. The molecule has 12 heteroatoms. The van der Waals surface area contributed by atoms with Gasteiger partial charge in [0.15, 0.2) is 0 Å². The Morgan fingerprint density at radius 2 is 1.83 bits per heavy atom. The van der Waals surface area contributed by atoms with Crippen molar-refractivity contribution < 1.29 is 22.8 Å². The highest BCUT2D eigenvalue weighted by molar-refractivity contribution is 7.89. The third-order valence-corrected chi connectivity index (χ3v) is 8.93. The molecule has 1 aromatic carbocycles. The Morgan fingerprint density at radius 3 is 2.43 bits per heavy atom. The van der Waals surface area contributed by atoms with Crippen LogP contribution in [0.2, 0.25) is 0 Å². The summed E-state index contributed by atoms with van der Waals surface area (Å²) in [6, 6.07) is 4.74. The molecule has 0 aliphatic carbocycles. The minimum Gasteiger partial charge on any atom is -0.351 e. The van der Waals surface area contributed by atoms with Crippen LogP contribution in [0.25, 0.3) is 0 Å². The summed E-state index contributed by atoms with van der Waals surface area (Å²) in [6.07, 6.45) is 2.24. The van der Waals surface area contributed by atoms with Gasteiger partial charge in [0.05, 0.1) is 10.5 Å². The third-order valence-electron chi connectivity index (χ3n) is 5.81. The summed E-state index contributed by atoms with van der Waals surface area (Å²) in [5.74, 6) is -1.16. The van der Waals surface area contributed by atoms with Gasteiger partial charge in [-0.2, -0.15) is 4.31 Å². The van der Waals surface area contributed by atoms with Crippen LogP contribution in [0.5, 0.6) is 0 Å². The lowest BCUT2D eigenvalue weighted by atomic mass is 10.0. The number of amides is 4. The predicted molar refractivity (Wildman–Crippen MR) is 135 cm³/mol. The first-order valence-corrected chi connectivity index (χ1v) is 13.7. The Balaban J connectivity index is 1.85. The van der Waals surface area contributed by atoms with Gasteiger partial charge in [-0.1, -0.05) is 20.3 Å². The van der Waals surface area contributed by atoms with Crippen molar-refractivity contribution in [1.29, 1.82) is 0 Å². The van der Waals surface area contributed by atoms with E-state index in [4.69, 9.17) is 5.73 Å². The van der Waals surface area contributed by atoms with Crippen molar-refractivity contribution in [3.8, 4) is 0 Å². The molecule has 0 fully saturated rings. The SMILES string of the molecule is CCCCN(CC)S(=O)(=O)c1ccc(C(=O)Nc2sc3c(c2C(=O)NC(N)=O)CCN(C)C3)cc1. The van der Waals surface area contributed by atoms with Gasteiger partial charge in [-0.15, -0.1) is 11.3 Å². The highest BCUT2D eigenvalue weighted by atomic mass is 32.2. The highest BCUT2D eigenvalue weighted by Crippen LogP contribution is 2.37. The number of hydrogen-bond acceptors (Lipinski definition) is 7. The molecule has 35 heavy (non-hydrogen) atoms. The van der Waals surface area contributed by atoms with Crippen molar-refractivity contribution in [2.24, 2.45) is 5.73 Å². The molecule has 0 unspecified atom stereocenters. The van der Waals surface area contributed by atoms with Crippen LogP contribution < -0.4 is 16.4 Å². The topological polar surface area (TPSA) is 142 Å². The van der Waals surface area contributed by atoms with Gasteiger partial charge >= 0.3 is 6.03 Å². The average molecular weight is 522 g/mol. The van der Waals surface area contributed by atoms with Gasteiger partial charge in [0.2, 0.25) is 10.0 Å². The van der Waals surface area contributed by atoms with Gasteiger partial charge in [-0.25, -0.2) is 13.2 Å². The average Bonchev–Trinajstić information content (AvgIpc) is 3.15. The van der Waals surface area contributed by atoms with Gasteiger partial charge in [0.1, 0.15) is 5.00 Å². The fraction of sp³-hybridized carbons (Fsp3) is 0.435. The van der Waals surface area contributed by atoms with Crippen molar-refractivity contribution in [3.05, 3.63) is 45.8 Å². The van der Waals surface area contributed by atoms with E-state index in [1.54, 1.807) is 6.92 Å².